The molecule has 1 amide bonds. The number of carbonyl (C=O) groups excluding carboxylic acids is 1. The molecule has 1 fully saturated rings. The average molecular weight is 343 g/mol. The van der Waals surface area contributed by atoms with Crippen LogP contribution in [-0.4, -0.2) is 38.2 Å². The Hall–Kier alpha value is -2.41. The lowest BCUT2D eigenvalue weighted by atomic mass is 9.96. The molecule has 7 heteroatoms. The quantitative estimate of drug-likeness (QED) is 0.900. The minimum atomic E-state index is -0.0988. The number of hydrogen-bond acceptors (Lipinski definition) is 4. The van der Waals surface area contributed by atoms with E-state index in [0.29, 0.717) is 25.2 Å². The second kappa shape index (κ2) is 7.23. The summed E-state index contributed by atoms with van der Waals surface area (Å²) in [5.41, 5.74) is 7.19. The summed E-state index contributed by atoms with van der Waals surface area (Å²) in [5, 5.41) is 4.41. The van der Waals surface area contributed by atoms with Crippen molar-refractivity contribution in [2.24, 2.45) is 12.8 Å². The highest BCUT2D eigenvalue weighted by Gasteiger charge is 2.29. The van der Waals surface area contributed by atoms with Crippen molar-refractivity contribution in [3.8, 4) is 0 Å². The van der Waals surface area contributed by atoms with Gasteiger partial charge in [0.05, 0.1) is 0 Å². The van der Waals surface area contributed by atoms with Crippen LogP contribution in [0.2, 0.25) is 0 Å². The molecule has 1 aliphatic rings. The highest BCUT2D eigenvalue weighted by atomic mass is 16.2. The predicted molar refractivity (Wildman–Crippen MR) is 95.4 cm³/mol. The Morgan fingerprint density at radius 3 is 2.68 bits per heavy atom. The molecule has 1 aromatic heterocycles. The SMILES string of the molecule is CCn1c([C@@H]2CCCN(C(=O)c3ccc(CN)cc3)C2)nn(C)c1=O. The van der Waals surface area contributed by atoms with Crippen LogP contribution in [0.3, 0.4) is 0 Å². The maximum Gasteiger partial charge on any atom is 0.345 e. The largest absolute Gasteiger partial charge is 0.345 e. The van der Waals surface area contributed by atoms with Crippen LogP contribution in [0, 0.1) is 0 Å². The van der Waals surface area contributed by atoms with Crippen molar-refractivity contribution in [3.63, 3.8) is 0 Å². The summed E-state index contributed by atoms with van der Waals surface area (Å²) in [6, 6.07) is 7.44. The average Bonchev–Trinajstić information content (AvgIpc) is 2.95. The van der Waals surface area contributed by atoms with Crippen molar-refractivity contribution in [1.29, 1.82) is 0 Å². The fourth-order valence-electron chi connectivity index (χ4n) is 3.46. The maximum atomic E-state index is 12.8. The third-order valence-corrected chi connectivity index (χ3v) is 4.86. The molecule has 7 nitrogen and oxygen atoms in total. The third-order valence-electron chi connectivity index (χ3n) is 4.86. The molecule has 0 radical (unpaired) electrons. The molecule has 0 bridgehead atoms. The Kier molecular flexibility index (Phi) is 5.03. The lowest BCUT2D eigenvalue weighted by Gasteiger charge is -2.32. The van der Waals surface area contributed by atoms with Crippen molar-refractivity contribution < 1.29 is 4.79 Å². The number of hydrogen-bond donors (Lipinski definition) is 1. The van der Waals surface area contributed by atoms with Gasteiger partial charge in [-0.15, -0.1) is 0 Å². The number of rotatable bonds is 4. The standard InChI is InChI=1S/C18H25N5O2/c1-3-23-16(20-21(2)18(23)25)15-5-4-10-22(12-15)17(24)14-8-6-13(11-19)7-9-14/h6-9,15H,3-5,10-12,19H2,1-2H3/t15-/m1/s1. The molecule has 1 aromatic carbocycles. The fraction of sp³-hybridized carbons (Fsp3) is 0.500. The normalized spacial score (nSPS) is 17.7. The number of nitrogens with two attached hydrogens (primary N) is 1. The van der Waals surface area contributed by atoms with E-state index in [1.165, 1.54) is 4.68 Å². The van der Waals surface area contributed by atoms with Crippen molar-refractivity contribution in [2.45, 2.75) is 38.8 Å². The monoisotopic (exact) mass is 343 g/mol. The first-order valence-electron chi connectivity index (χ1n) is 8.77. The van der Waals surface area contributed by atoms with Crippen LogP contribution in [0.15, 0.2) is 29.1 Å². The number of carbonyl (C=O) groups is 1. The van der Waals surface area contributed by atoms with Crippen molar-refractivity contribution in [1.82, 2.24) is 19.2 Å². The van der Waals surface area contributed by atoms with Crippen LogP contribution >= 0.6 is 0 Å². The van der Waals surface area contributed by atoms with E-state index in [-0.39, 0.29) is 17.5 Å². The van der Waals surface area contributed by atoms with Gasteiger partial charge in [-0.25, -0.2) is 9.48 Å². The zero-order chi connectivity index (χ0) is 18.0. The first-order valence-corrected chi connectivity index (χ1v) is 8.77. The Bertz CT molecular complexity index is 806. The number of likely N-dealkylation sites (tertiary alicyclic amines) is 1. The summed E-state index contributed by atoms with van der Waals surface area (Å²) in [6.07, 6.45) is 1.85. The van der Waals surface area contributed by atoms with E-state index in [4.69, 9.17) is 5.73 Å². The highest BCUT2D eigenvalue weighted by Crippen LogP contribution is 2.26. The zero-order valence-electron chi connectivity index (χ0n) is 14.8. The number of aryl methyl sites for hydroxylation is 1. The summed E-state index contributed by atoms with van der Waals surface area (Å²) >= 11 is 0. The van der Waals surface area contributed by atoms with Gasteiger partial charge in [0.2, 0.25) is 0 Å². The number of amides is 1. The van der Waals surface area contributed by atoms with Gasteiger partial charge in [0.15, 0.2) is 0 Å². The molecule has 0 spiro atoms. The molecule has 25 heavy (non-hydrogen) atoms. The minimum Gasteiger partial charge on any atom is -0.338 e. The summed E-state index contributed by atoms with van der Waals surface area (Å²) in [6.45, 7) is 4.32. The third kappa shape index (κ3) is 3.37. The summed E-state index contributed by atoms with van der Waals surface area (Å²) < 4.78 is 3.08. The fourth-order valence-corrected chi connectivity index (χ4v) is 3.46. The van der Waals surface area contributed by atoms with Gasteiger partial charge >= 0.3 is 5.69 Å². The van der Waals surface area contributed by atoms with E-state index in [0.717, 1.165) is 30.8 Å². The summed E-state index contributed by atoms with van der Waals surface area (Å²) in [5.74, 6) is 0.899. The number of aromatic nitrogens is 3. The van der Waals surface area contributed by atoms with Crippen LogP contribution in [0.4, 0.5) is 0 Å². The van der Waals surface area contributed by atoms with Crippen LogP contribution in [0.1, 0.15) is 47.4 Å². The number of benzene rings is 1. The molecule has 0 aliphatic carbocycles. The molecular formula is C18H25N5O2. The highest BCUT2D eigenvalue weighted by molar-refractivity contribution is 5.94. The van der Waals surface area contributed by atoms with Crippen molar-refractivity contribution >= 4 is 5.91 Å². The molecule has 0 saturated carbocycles. The smallest absolute Gasteiger partial charge is 0.338 e. The molecule has 3 rings (SSSR count). The Labute approximate surface area is 147 Å². The van der Waals surface area contributed by atoms with Gasteiger partial charge in [0.25, 0.3) is 5.91 Å². The molecule has 2 heterocycles. The van der Waals surface area contributed by atoms with Gasteiger partial charge in [-0.1, -0.05) is 12.1 Å². The van der Waals surface area contributed by atoms with Gasteiger partial charge in [0, 0.05) is 44.7 Å². The van der Waals surface area contributed by atoms with E-state index < -0.39 is 0 Å². The Morgan fingerprint density at radius 2 is 2.04 bits per heavy atom. The van der Waals surface area contributed by atoms with Gasteiger partial charge in [-0.05, 0) is 37.5 Å². The van der Waals surface area contributed by atoms with Gasteiger partial charge < -0.3 is 10.6 Å². The lowest BCUT2D eigenvalue weighted by Crippen LogP contribution is -2.40. The van der Waals surface area contributed by atoms with Crippen LogP contribution in [0.25, 0.3) is 0 Å². The molecule has 2 aromatic rings. The first kappa shape index (κ1) is 17.4. The minimum absolute atomic E-state index is 0.0228. The van der Waals surface area contributed by atoms with Crippen LogP contribution < -0.4 is 11.4 Å². The molecule has 2 N–H and O–H groups in total. The van der Waals surface area contributed by atoms with Crippen LogP contribution in [0.5, 0.6) is 0 Å². The molecule has 134 valence electrons. The van der Waals surface area contributed by atoms with Crippen LogP contribution in [-0.2, 0) is 20.1 Å². The molecular weight excluding hydrogens is 318 g/mol. The number of nitrogens with zero attached hydrogens (tertiary/aromatic N) is 4. The second-order valence-corrected chi connectivity index (χ2v) is 6.50. The molecule has 1 saturated heterocycles. The van der Waals surface area contributed by atoms with E-state index in [2.05, 4.69) is 5.10 Å². The first-order chi connectivity index (χ1) is 12.0. The van der Waals surface area contributed by atoms with Crippen molar-refractivity contribution in [3.05, 3.63) is 51.7 Å². The van der Waals surface area contributed by atoms with Gasteiger partial charge in [-0.2, -0.15) is 5.10 Å². The van der Waals surface area contributed by atoms with E-state index >= 15 is 0 Å². The maximum absolute atomic E-state index is 12.8. The Morgan fingerprint density at radius 1 is 1.32 bits per heavy atom. The Balaban J connectivity index is 1.80. The van der Waals surface area contributed by atoms with E-state index in [9.17, 15) is 9.59 Å². The molecule has 1 aliphatic heterocycles. The topological polar surface area (TPSA) is 86.2 Å². The number of piperidine rings is 1. The second-order valence-electron chi connectivity index (χ2n) is 6.50. The van der Waals surface area contributed by atoms with Gasteiger partial charge in [0.1, 0.15) is 5.82 Å². The van der Waals surface area contributed by atoms with E-state index in [1.807, 2.05) is 36.1 Å². The van der Waals surface area contributed by atoms with Crippen molar-refractivity contribution in [2.75, 3.05) is 13.1 Å². The van der Waals surface area contributed by atoms with Gasteiger partial charge in [-0.3, -0.25) is 9.36 Å². The molecule has 0 unspecified atom stereocenters. The summed E-state index contributed by atoms with van der Waals surface area (Å²) in [7, 11) is 1.67. The predicted octanol–water partition coefficient (Wildman–Crippen LogP) is 1.08. The van der Waals surface area contributed by atoms with E-state index in [1.54, 1.807) is 11.6 Å². The zero-order valence-corrected chi connectivity index (χ0v) is 14.8. The summed E-state index contributed by atoms with van der Waals surface area (Å²) in [4.78, 5) is 26.8. The molecule has 1 atom stereocenters. The lowest BCUT2D eigenvalue weighted by molar-refractivity contribution is 0.0703.